The van der Waals surface area contributed by atoms with Crippen molar-refractivity contribution in [2.45, 2.75) is 18.9 Å². The molecule has 1 aromatic heterocycles. The van der Waals surface area contributed by atoms with E-state index in [-0.39, 0.29) is 11.0 Å². The molecule has 4 heteroatoms. The van der Waals surface area contributed by atoms with Crippen molar-refractivity contribution in [1.82, 2.24) is 4.57 Å². The number of para-hydroxylation sites is 1. The first-order valence-electron chi connectivity index (χ1n) is 5.94. The fourth-order valence-corrected chi connectivity index (χ4v) is 2.21. The minimum Gasteiger partial charge on any atom is -0.465 e. The average Bonchev–Trinajstić information content (AvgIpc) is 3.23. The molecule has 0 atom stereocenters. The Bertz CT molecular complexity index is 683. The van der Waals surface area contributed by atoms with E-state index in [1.165, 1.54) is 7.11 Å². The molecule has 0 aliphatic heterocycles. The number of fused-ring (bicyclic) bond motifs is 1. The SMILES string of the molecule is COC(=O)c1cn(C2CC2)c2ccccc2c1=O. The Morgan fingerprint density at radius 2 is 2.06 bits per heavy atom. The summed E-state index contributed by atoms with van der Waals surface area (Å²) in [4.78, 5) is 23.8. The summed E-state index contributed by atoms with van der Waals surface area (Å²) in [5, 5.41) is 0.576. The van der Waals surface area contributed by atoms with Crippen LogP contribution >= 0.6 is 0 Å². The summed E-state index contributed by atoms with van der Waals surface area (Å²) in [5.74, 6) is -0.569. The number of nitrogens with zero attached hydrogens (tertiary/aromatic N) is 1. The Kier molecular flexibility index (Phi) is 2.44. The van der Waals surface area contributed by atoms with E-state index in [0.29, 0.717) is 11.4 Å². The van der Waals surface area contributed by atoms with Gasteiger partial charge in [-0.1, -0.05) is 12.1 Å². The van der Waals surface area contributed by atoms with Crippen LogP contribution in [0, 0.1) is 0 Å². The Morgan fingerprint density at radius 3 is 2.72 bits per heavy atom. The van der Waals surface area contributed by atoms with Crippen molar-refractivity contribution in [2.75, 3.05) is 7.11 Å². The number of hydrogen-bond acceptors (Lipinski definition) is 3. The van der Waals surface area contributed by atoms with Gasteiger partial charge in [-0.15, -0.1) is 0 Å². The predicted octanol–water partition coefficient (Wildman–Crippen LogP) is 2.12. The van der Waals surface area contributed by atoms with Crippen molar-refractivity contribution < 1.29 is 9.53 Å². The number of aromatic nitrogens is 1. The topological polar surface area (TPSA) is 48.3 Å². The van der Waals surface area contributed by atoms with Crippen LogP contribution in [-0.4, -0.2) is 17.6 Å². The highest BCUT2D eigenvalue weighted by Crippen LogP contribution is 2.36. The van der Waals surface area contributed by atoms with Crippen LogP contribution in [0.2, 0.25) is 0 Å². The molecule has 0 unspecified atom stereocenters. The maximum atomic E-state index is 12.2. The molecular formula is C14H13NO3. The van der Waals surface area contributed by atoms with Crippen molar-refractivity contribution in [3.8, 4) is 0 Å². The van der Waals surface area contributed by atoms with E-state index in [1.807, 2.05) is 22.8 Å². The normalized spacial score (nSPS) is 14.7. The van der Waals surface area contributed by atoms with E-state index < -0.39 is 5.97 Å². The van der Waals surface area contributed by atoms with Gasteiger partial charge in [-0.3, -0.25) is 4.79 Å². The van der Waals surface area contributed by atoms with Gasteiger partial charge < -0.3 is 9.30 Å². The molecule has 1 heterocycles. The van der Waals surface area contributed by atoms with Gasteiger partial charge in [0.05, 0.1) is 12.6 Å². The molecule has 18 heavy (non-hydrogen) atoms. The van der Waals surface area contributed by atoms with E-state index in [2.05, 4.69) is 4.74 Å². The predicted molar refractivity (Wildman–Crippen MR) is 67.8 cm³/mol. The van der Waals surface area contributed by atoms with Crippen molar-refractivity contribution in [1.29, 1.82) is 0 Å². The van der Waals surface area contributed by atoms with E-state index >= 15 is 0 Å². The Hall–Kier alpha value is -2.10. The molecule has 0 spiro atoms. The highest BCUT2D eigenvalue weighted by molar-refractivity contribution is 5.93. The maximum absolute atomic E-state index is 12.2. The number of methoxy groups -OCH3 is 1. The zero-order valence-corrected chi connectivity index (χ0v) is 10.1. The highest BCUT2D eigenvalue weighted by atomic mass is 16.5. The van der Waals surface area contributed by atoms with Gasteiger partial charge in [-0.05, 0) is 25.0 Å². The zero-order valence-electron chi connectivity index (χ0n) is 10.1. The third kappa shape index (κ3) is 1.61. The molecule has 0 N–H and O–H groups in total. The van der Waals surface area contributed by atoms with Crippen LogP contribution in [0.4, 0.5) is 0 Å². The lowest BCUT2D eigenvalue weighted by Gasteiger charge is -2.11. The maximum Gasteiger partial charge on any atom is 0.343 e. The Balaban J connectivity index is 2.35. The minimum atomic E-state index is -0.569. The second-order valence-corrected chi connectivity index (χ2v) is 4.52. The number of benzene rings is 1. The lowest BCUT2D eigenvalue weighted by Crippen LogP contribution is -2.19. The van der Waals surface area contributed by atoms with Gasteiger partial charge in [0.2, 0.25) is 5.43 Å². The number of pyridine rings is 1. The van der Waals surface area contributed by atoms with Gasteiger partial charge in [0.1, 0.15) is 5.56 Å². The number of esters is 1. The third-order valence-corrected chi connectivity index (χ3v) is 3.29. The van der Waals surface area contributed by atoms with E-state index in [1.54, 1.807) is 12.3 Å². The minimum absolute atomic E-state index is 0.114. The van der Waals surface area contributed by atoms with Gasteiger partial charge in [0, 0.05) is 17.6 Å². The number of hydrogen-bond donors (Lipinski definition) is 0. The first-order chi connectivity index (χ1) is 8.72. The quantitative estimate of drug-likeness (QED) is 0.759. The Morgan fingerprint density at radius 1 is 1.33 bits per heavy atom. The first kappa shape index (κ1) is 11.0. The summed E-state index contributed by atoms with van der Waals surface area (Å²) < 4.78 is 6.69. The van der Waals surface area contributed by atoms with Gasteiger partial charge >= 0.3 is 5.97 Å². The molecule has 4 nitrogen and oxygen atoms in total. The van der Waals surface area contributed by atoms with E-state index in [0.717, 1.165) is 18.4 Å². The molecule has 1 aliphatic rings. The molecule has 3 rings (SSSR count). The molecule has 92 valence electrons. The van der Waals surface area contributed by atoms with Crippen LogP contribution in [-0.2, 0) is 4.74 Å². The number of carbonyl (C=O) groups is 1. The summed E-state index contributed by atoms with van der Waals surface area (Å²) in [7, 11) is 1.29. The number of rotatable bonds is 2. The molecule has 1 fully saturated rings. The highest BCUT2D eigenvalue weighted by Gasteiger charge is 2.26. The van der Waals surface area contributed by atoms with Crippen LogP contribution in [0.25, 0.3) is 10.9 Å². The van der Waals surface area contributed by atoms with Crippen LogP contribution in [0.3, 0.4) is 0 Å². The van der Waals surface area contributed by atoms with Crippen LogP contribution < -0.4 is 5.43 Å². The zero-order chi connectivity index (χ0) is 12.7. The second-order valence-electron chi connectivity index (χ2n) is 4.52. The lowest BCUT2D eigenvalue weighted by atomic mass is 10.1. The molecular weight excluding hydrogens is 230 g/mol. The van der Waals surface area contributed by atoms with Crippen LogP contribution in [0.15, 0.2) is 35.3 Å². The smallest absolute Gasteiger partial charge is 0.343 e. The monoisotopic (exact) mass is 243 g/mol. The fourth-order valence-electron chi connectivity index (χ4n) is 2.21. The molecule has 1 saturated carbocycles. The van der Waals surface area contributed by atoms with Gasteiger partial charge in [0.25, 0.3) is 0 Å². The van der Waals surface area contributed by atoms with Crippen molar-refractivity contribution in [3.05, 3.63) is 46.2 Å². The number of ether oxygens (including phenoxy) is 1. The summed E-state index contributed by atoms with van der Waals surface area (Å²) in [6, 6.07) is 7.78. The largest absolute Gasteiger partial charge is 0.465 e. The standard InChI is InChI=1S/C14H13NO3/c1-18-14(17)11-8-15(9-6-7-9)12-5-3-2-4-10(12)13(11)16/h2-5,8-9H,6-7H2,1H3. The average molecular weight is 243 g/mol. The van der Waals surface area contributed by atoms with Crippen LogP contribution in [0.1, 0.15) is 29.2 Å². The van der Waals surface area contributed by atoms with E-state index in [9.17, 15) is 9.59 Å². The van der Waals surface area contributed by atoms with E-state index in [4.69, 9.17) is 0 Å². The number of carbonyl (C=O) groups excluding carboxylic acids is 1. The van der Waals surface area contributed by atoms with Crippen molar-refractivity contribution >= 4 is 16.9 Å². The molecule has 0 radical (unpaired) electrons. The van der Waals surface area contributed by atoms with Gasteiger partial charge in [0.15, 0.2) is 0 Å². The lowest BCUT2D eigenvalue weighted by molar-refractivity contribution is 0.0598. The first-order valence-corrected chi connectivity index (χ1v) is 5.94. The van der Waals surface area contributed by atoms with Crippen molar-refractivity contribution in [2.24, 2.45) is 0 Å². The molecule has 0 bridgehead atoms. The third-order valence-electron chi connectivity index (χ3n) is 3.29. The molecule has 1 aliphatic carbocycles. The summed E-state index contributed by atoms with van der Waals surface area (Å²) in [6.45, 7) is 0. The van der Waals surface area contributed by atoms with Gasteiger partial charge in [-0.25, -0.2) is 4.79 Å². The molecule has 0 amide bonds. The summed E-state index contributed by atoms with van der Waals surface area (Å²) >= 11 is 0. The second kappa shape index (κ2) is 3.98. The van der Waals surface area contributed by atoms with Gasteiger partial charge in [-0.2, -0.15) is 0 Å². The molecule has 0 saturated heterocycles. The van der Waals surface area contributed by atoms with Crippen molar-refractivity contribution in [3.63, 3.8) is 0 Å². The molecule has 1 aromatic carbocycles. The fraction of sp³-hybridized carbons (Fsp3) is 0.286. The molecule has 2 aromatic rings. The summed E-state index contributed by atoms with van der Waals surface area (Å²) in [6.07, 6.45) is 3.81. The van der Waals surface area contributed by atoms with Crippen LogP contribution in [0.5, 0.6) is 0 Å². The Labute approximate surface area is 104 Å². The summed E-state index contributed by atoms with van der Waals surface area (Å²) in [5.41, 5.74) is 0.745.